The number of rotatable bonds is 3. The number of para-hydroxylation sites is 1. The number of hydrogen-bond acceptors (Lipinski definition) is 3. The van der Waals surface area contributed by atoms with Gasteiger partial charge >= 0.3 is 0 Å². The molecule has 1 atom stereocenters. The summed E-state index contributed by atoms with van der Waals surface area (Å²) in [4.78, 5) is 3.89. The summed E-state index contributed by atoms with van der Waals surface area (Å²) >= 11 is 2.00. The van der Waals surface area contributed by atoms with Crippen molar-refractivity contribution in [3.05, 3.63) is 23.8 Å². The Morgan fingerprint density at radius 1 is 1.50 bits per heavy atom. The predicted molar refractivity (Wildman–Crippen MR) is 72.6 cm³/mol. The van der Waals surface area contributed by atoms with Gasteiger partial charge in [-0.3, -0.25) is 0 Å². The van der Waals surface area contributed by atoms with Crippen LogP contribution in [0.5, 0.6) is 0 Å². The lowest BCUT2D eigenvalue weighted by Gasteiger charge is -2.36. The summed E-state index contributed by atoms with van der Waals surface area (Å²) in [6, 6.07) is 7.25. The number of nitrogens with zero attached hydrogens (tertiary/aromatic N) is 1. The molecule has 1 aromatic carbocycles. The largest absolute Gasteiger partial charge is 0.370 e. The van der Waals surface area contributed by atoms with Crippen molar-refractivity contribution in [2.75, 3.05) is 31.3 Å². The number of thioether (sulfide) groups is 1. The Morgan fingerprint density at radius 3 is 3.06 bits per heavy atom. The Kier molecular flexibility index (Phi) is 3.77. The second-order valence-corrected chi connectivity index (χ2v) is 5.45. The van der Waals surface area contributed by atoms with Crippen LogP contribution in [-0.2, 0) is 0 Å². The Hall–Kier alpha value is -0.670. The lowest BCUT2D eigenvalue weighted by Crippen LogP contribution is -2.38. The number of anilines is 1. The molecule has 16 heavy (non-hydrogen) atoms. The van der Waals surface area contributed by atoms with E-state index in [0.717, 1.165) is 6.54 Å². The molecule has 0 radical (unpaired) electrons. The molecule has 0 aromatic heterocycles. The zero-order chi connectivity index (χ0) is 11.5. The summed E-state index contributed by atoms with van der Waals surface area (Å²) in [5.74, 6) is 1.20. The maximum absolute atomic E-state index is 3.24. The summed E-state index contributed by atoms with van der Waals surface area (Å²) in [6.07, 6.45) is 1.22. The van der Waals surface area contributed by atoms with E-state index in [9.17, 15) is 0 Å². The summed E-state index contributed by atoms with van der Waals surface area (Å²) < 4.78 is 0. The Bertz CT molecular complexity index is 365. The molecule has 1 unspecified atom stereocenters. The van der Waals surface area contributed by atoms with E-state index in [1.165, 1.54) is 28.3 Å². The summed E-state index contributed by atoms with van der Waals surface area (Å²) in [7, 11) is 4.25. The number of fused-ring (bicyclic) bond motifs is 1. The molecule has 1 aliphatic heterocycles. The third-order valence-electron chi connectivity index (χ3n) is 3.26. The standard InChI is InChI=1S/C13H20N2S/c1-10-5-4-6-12-13(10)15(3)11(9-16-12)7-8-14-2/h4-6,11,14H,7-9H2,1-3H3. The number of nitrogens with one attached hydrogen (secondary N) is 1. The van der Waals surface area contributed by atoms with E-state index in [1.807, 2.05) is 18.8 Å². The Labute approximate surface area is 102 Å². The maximum atomic E-state index is 3.24. The monoisotopic (exact) mass is 236 g/mol. The second-order valence-electron chi connectivity index (χ2n) is 4.39. The van der Waals surface area contributed by atoms with Crippen LogP contribution in [0.15, 0.2) is 23.1 Å². The van der Waals surface area contributed by atoms with Crippen LogP contribution in [-0.4, -0.2) is 32.4 Å². The van der Waals surface area contributed by atoms with Gasteiger partial charge in [-0.25, -0.2) is 0 Å². The third-order valence-corrected chi connectivity index (χ3v) is 4.45. The minimum absolute atomic E-state index is 0.658. The normalized spacial score (nSPS) is 19.7. The van der Waals surface area contributed by atoms with Crippen molar-refractivity contribution in [2.24, 2.45) is 0 Å². The zero-order valence-corrected chi connectivity index (χ0v) is 11.1. The highest BCUT2D eigenvalue weighted by molar-refractivity contribution is 7.99. The Morgan fingerprint density at radius 2 is 2.31 bits per heavy atom. The minimum atomic E-state index is 0.658. The molecule has 0 aliphatic carbocycles. The fraction of sp³-hybridized carbons (Fsp3) is 0.538. The molecular formula is C13H20N2S. The first-order valence-corrected chi connectivity index (χ1v) is 6.82. The summed E-state index contributed by atoms with van der Waals surface area (Å²) in [5.41, 5.74) is 2.82. The van der Waals surface area contributed by atoms with E-state index in [-0.39, 0.29) is 0 Å². The highest BCUT2D eigenvalue weighted by Crippen LogP contribution is 2.39. The average molecular weight is 236 g/mol. The topological polar surface area (TPSA) is 15.3 Å². The van der Waals surface area contributed by atoms with E-state index in [0.29, 0.717) is 6.04 Å². The highest BCUT2D eigenvalue weighted by atomic mass is 32.2. The third kappa shape index (κ3) is 2.20. The molecule has 1 N–H and O–H groups in total. The molecule has 3 heteroatoms. The van der Waals surface area contributed by atoms with Gasteiger partial charge in [0, 0.05) is 23.7 Å². The average Bonchev–Trinajstić information content (AvgIpc) is 2.28. The molecule has 1 heterocycles. The molecule has 0 bridgehead atoms. The Balaban J connectivity index is 2.20. The fourth-order valence-electron chi connectivity index (χ4n) is 2.27. The van der Waals surface area contributed by atoms with Crippen molar-refractivity contribution in [2.45, 2.75) is 24.3 Å². The van der Waals surface area contributed by atoms with Gasteiger partial charge in [0.25, 0.3) is 0 Å². The highest BCUT2D eigenvalue weighted by Gasteiger charge is 2.24. The van der Waals surface area contributed by atoms with Crippen LogP contribution in [0.4, 0.5) is 5.69 Å². The fourth-order valence-corrected chi connectivity index (χ4v) is 3.65. The van der Waals surface area contributed by atoms with Gasteiger partial charge in [0.2, 0.25) is 0 Å². The first-order valence-electron chi connectivity index (χ1n) is 5.84. The van der Waals surface area contributed by atoms with Crippen molar-refractivity contribution in [1.29, 1.82) is 0 Å². The first-order chi connectivity index (χ1) is 7.74. The molecule has 0 saturated heterocycles. The van der Waals surface area contributed by atoms with Gasteiger partial charge in [-0.2, -0.15) is 0 Å². The van der Waals surface area contributed by atoms with Crippen LogP contribution >= 0.6 is 11.8 Å². The molecular weight excluding hydrogens is 216 g/mol. The van der Waals surface area contributed by atoms with E-state index in [2.05, 4.69) is 42.4 Å². The molecule has 1 aromatic rings. The lowest BCUT2D eigenvalue weighted by molar-refractivity contribution is 0.597. The van der Waals surface area contributed by atoms with Crippen molar-refractivity contribution in [3.8, 4) is 0 Å². The van der Waals surface area contributed by atoms with Crippen LogP contribution in [0.25, 0.3) is 0 Å². The van der Waals surface area contributed by atoms with Gasteiger partial charge < -0.3 is 10.2 Å². The molecule has 0 saturated carbocycles. The van der Waals surface area contributed by atoms with E-state index >= 15 is 0 Å². The summed E-state index contributed by atoms with van der Waals surface area (Å²) in [6.45, 7) is 3.30. The second kappa shape index (κ2) is 5.11. The van der Waals surface area contributed by atoms with Crippen molar-refractivity contribution >= 4 is 17.4 Å². The smallest absolute Gasteiger partial charge is 0.0534 e. The molecule has 2 nitrogen and oxygen atoms in total. The number of aryl methyl sites for hydroxylation is 1. The van der Waals surface area contributed by atoms with Gasteiger partial charge in [0.1, 0.15) is 0 Å². The van der Waals surface area contributed by atoms with Gasteiger partial charge in [0.15, 0.2) is 0 Å². The predicted octanol–water partition coefficient (Wildman–Crippen LogP) is 2.52. The molecule has 1 aliphatic rings. The molecule has 0 amide bonds. The van der Waals surface area contributed by atoms with Crippen molar-refractivity contribution < 1.29 is 0 Å². The van der Waals surface area contributed by atoms with Crippen molar-refractivity contribution in [3.63, 3.8) is 0 Å². The molecule has 88 valence electrons. The van der Waals surface area contributed by atoms with Crippen LogP contribution in [0.1, 0.15) is 12.0 Å². The first kappa shape index (κ1) is 11.8. The lowest BCUT2D eigenvalue weighted by atomic mass is 10.1. The van der Waals surface area contributed by atoms with Gasteiger partial charge in [-0.1, -0.05) is 12.1 Å². The molecule has 0 spiro atoms. The van der Waals surface area contributed by atoms with Crippen LogP contribution in [0.2, 0.25) is 0 Å². The van der Waals surface area contributed by atoms with Crippen LogP contribution in [0.3, 0.4) is 0 Å². The van der Waals surface area contributed by atoms with Gasteiger partial charge in [0.05, 0.1) is 5.69 Å². The van der Waals surface area contributed by atoms with Gasteiger partial charge in [-0.05, 0) is 38.6 Å². The SMILES string of the molecule is CNCCC1CSc2cccc(C)c2N1C. The van der Waals surface area contributed by atoms with E-state index < -0.39 is 0 Å². The van der Waals surface area contributed by atoms with Crippen LogP contribution < -0.4 is 10.2 Å². The van der Waals surface area contributed by atoms with E-state index in [4.69, 9.17) is 0 Å². The number of benzene rings is 1. The minimum Gasteiger partial charge on any atom is -0.370 e. The molecule has 0 fully saturated rings. The summed E-state index contributed by atoms with van der Waals surface area (Å²) in [5, 5.41) is 3.24. The zero-order valence-electron chi connectivity index (χ0n) is 10.3. The maximum Gasteiger partial charge on any atom is 0.0534 e. The van der Waals surface area contributed by atoms with E-state index in [1.54, 1.807) is 0 Å². The van der Waals surface area contributed by atoms with Gasteiger partial charge in [-0.15, -0.1) is 11.8 Å². The van der Waals surface area contributed by atoms with Crippen LogP contribution in [0, 0.1) is 6.92 Å². The van der Waals surface area contributed by atoms with Crippen molar-refractivity contribution in [1.82, 2.24) is 5.32 Å². The quantitative estimate of drug-likeness (QED) is 0.868. The number of hydrogen-bond donors (Lipinski definition) is 1. The molecule has 2 rings (SSSR count).